The molecular weight excluding hydrogens is 226 g/mol. The van der Waals surface area contributed by atoms with Gasteiger partial charge in [-0.25, -0.2) is 4.98 Å². The number of methoxy groups -OCH3 is 1. The third kappa shape index (κ3) is 2.03. The Kier molecular flexibility index (Phi) is 2.90. The normalized spacial score (nSPS) is 15.1. The summed E-state index contributed by atoms with van der Waals surface area (Å²) in [4.78, 5) is 27.1. The summed E-state index contributed by atoms with van der Waals surface area (Å²) in [6.07, 6.45) is 2.65. The minimum absolute atomic E-state index is 0.0359. The van der Waals surface area contributed by atoms with E-state index in [1.54, 1.807) is 0 Å². The molecule has 0 bridgehead atoms. The predicted molar refractivity (Wildman–Crippen MR) is 59.0 cm³/mol. The van der Waals surface area contributed by atoms with Gasteiger partial charge in [-0.1, -0.05) is 0 Å². The standard InChI is InChI=1S/C10H11N3O4/c1-17-10-8(13(15)16)5-7(6-11-10)12-4-2-3-9(12)14/h5-6H,2-4H2,1H3. The molecule has 0 atom stereocenters. The Labute approximate surface area is 97.2 Å². The molecule has 2 rings (SSSR count). The van der Waals surface area contributed by atoms with Gasteiger partial charge in [-0.2, -0.15) is 0 Å². The summed E-state index contributed by atoms with van der Waals surface area (Å²) in [5.74, 6) is -0.0864. The molecule has 1 saturated heterocycles. The SMILES string of the molecule is COc1ncc(N2CCCC2=O)cc1[N+](=O)[O-]. The average molecular weight is 237 g/mol. The van der Waals surface area contributed by atoms with E-state index in [2.05, 4.69) is 4.98 Å². The fraction of sp³-hybridized carbons (Fsp3) is 0.400. The topological polar surface area (TPSA) is 85.6 Å². The van der Waals surface area contributed by atoms with Gasteiger partial charge in [0.15, 0.2) is 0 Å². The molecule has 1 aromatic heterocycles. The van der Waals surface area contributed by atoms with Crippen molar-refractivity contribution in [2.45, 2.75) is 12.8 Å². The van der Waals surface area contributed by atoms with E-state index in [0.29, 0.717) is 18.7 Å². The predicted octanol–water partition coefficient (Wildman–Crippen LogP) is 1.13. The van der Waals surface area contributed by atoms with Crippen molar-refractivity contribution < 1.29 is 14.5 Å². The van der Waals surface area contributed by atoms with Crippen molar-refractivity contribution in [1.29, 1.82) is 0 Å². The number of aromatic nitrogens is 1. The molecule has 0 aromatic carbocycles. The highest BCUT2D eigenvalue weighted by molar-refractivity contribution is 5.95. The molecule has 0 N–H and O–H groups in total. The number of anilines is 1. The Bertz CT molecular complexity index is 475. The first kappa shape index (κ1) is 11.3. The lowest BCUT2D eigenvalue weighted by Gasteiger charge is -2.15. The molecule has 2 heterocycles. The smallest absolute Gasteiger partial charge is 0.333 e. The highest BCUT2D eigenvalue weighted by Crippen LogP contribution is 2.30. The van der Waals surface area contributed by atoms with E-state index in [-0.39, 0.29) is 17.5 Å². The van der Waals surface area contributed by atoms with Gasteiger partial charge in [0.25, 0.3) is 5.88 Å². The summed E-state index contributed by atoms with van der Waals surface area (Å²) in [6.45, 7) is 0.573. The summed E-state index contributed by atoms with van der Waals surface area (Å²) >= 11 is 0. The molecule has 90 valence electrons. The van der Waals surface area contributed by atoms with E-state index in [9.17, 15) is 14.9 Å². The van der Waals surface area contributed by atoms with Crippen LogP contribution in [-0.4, -0.2) is 29.5 Å². The number of rotatable bonds is 3. The molecule has 7 heteroatoms. The molecule has 0 saturated carbocycles. The van der Waals surface area contributed by atoms with Crippen LogP contribution in [0.25, 0.3) is 0 Å². The Hall–Kier alpha value is -2.18. The lowest BCUT2D eigenvalue weighted by Crippen LogP contribution is -2.23. The fourth-order valence-corrected chi connectivity index (χ4v) is 1.79. The second-order valence-corrected chi connectivity index (χ2v) is 3.63. The Morgan fingerprint density at radius 1 is 1.59 bits per heavy atom. The largest absolute Gasteiger partial charge is 0.476 e. The van der Waals surface area contributed by atoms with E-state index in [4.69, 9.17) is 4.74 Å². The van der Waals surface area contributed by atoms with E-state index in [1.807, 2.05) is 0 Å². The van der Waals surface area contributed by atoms with E-state index < -0.39 is 4.92 Å². The maximum atomic E-state index is 11.5. The van der Waals surface area contributed by atoms with Crippen molar-refractivity contribution in [3.63, 3.8) is 0 Å². The zero-order valence-corrected chi connectivity index (χ0v) is 9.25. The maximum Gasteiger partial charge on any atom is 0.333 e. The van der Waals surface area contributed by atoms with Crippen LogP contribution in [0.5, 0.6) is 5.88 Å². The molecule has 1 aromatic rings. The van der Waals surface area contributed by atoms with Gasteiger partial charge in [0, 0.05) is 19.0 Å². The Morgan fingerprint density at radius 3 is 2.88 bits per heavy atom. The molecular formula is C10H11N3O4. The maximum absolute atomic E-state index is 11.5. The number of pyridine rings is 1. The molecule has 17 heavy (non-hydrogen) atoms. The second-order valence-electron chi connectivity index (χ2n) is 3.63. The van der Waals surface area contributed by atoms with Gasteiger partial charge in [-0.3, -0.25) is 14.9 Å². The van der Waals surface area contributed by atoms with Gasteiger partial charge in [-0.15, -0.1) is 0 Å². The number of carbonyl (C=O) groups is 1. The zero-order valence-electron chi connectivity index (χ0n) is 9.25. The van der Waals surface area contributed by atoms with Crippen molar-refractivity contribution in [1.82, 2.24) is 4.98 Å². The van der Waals surface area contributed by atoms with E-state index in [1.165, 1.54) is 24.3 Å². The van der Waals surface area contributed by atoms with E-state index in [0.717, 1.165) is 6.42 Å². The lowest BCUT2D eigenvalue weighted by molar-refractivity contribution is -0.386. The first-order chi connectivity index (χ1) is 8.13. The molecule has 0 unspecified atom stereocenters. The van der Waals surface area contributed by atoms with Crippen LogP contribution in [0.1, 0.15) is 12.8 Å². The summed E-state index contributed by atoms with van der Waals surface area (Å²) in [7, 11) is 1.32. The summed E-state index contributed by atoms with van der Waals surface area (Å²) in [5, 5.41) is 10.8. The van der Waals surface area contributed by atoms with Crippen LogP contribution in [0.4, 0.5) is 11.4 Å². The van der Waals surface area contributed by atoms with Crippen LogP contribution in [0, 0.1) is 10.1 Å². The minimum Gasteiger partial charge on any atom is -0.476 e. The van der Waals surface area contributed by atoms with Crippen LogP contribution < -0.4 is 9.64 Å². The number of amides is 1. The molecule has 1 fully saturated rings. The van der Waals surface area contributed by atoms with Gasteiger partial charge in [-0.05, 0) is 6.42 Å². The van der Waals surface area contributed by atoms with Crippen LogP contribution in [0.3, 0.4) is 0 Å². The van der Waals surface area contributed by atoms with E-state index >= 15 is 0 Å². The third-order valence-corrected chi connectivity index (χ3v) is 2.59. The van der Waals surface area contributed by atoms with Crippen molar-refractivity contribution in [2.24, 2.45) is 0 Å². The van der Waals surface area contributed by atoms with Gasteiger partial charge >= 0.3 is 5.69 Å². The number of hydrogen-bond acceptors (Lipinski definition) is 5. The summed E-state index contributed by atoms with van der Waals surface area (Å²) in [6, 6.07) is 1.31. The molecule has 1 aliphatic rings. The van der Waals surface area contributed by atoms with Crippen LogP contribution >= 0.6 is 0 Å². The highest BCUT2D eigenvalue weighted by atomic mass is 16.6. The zero-order chi connectivity index (χ0) is 12.4. The quantitative estimate of drug-likeness (QED) is 0.581. The summed E-state index contributed by atoms with van der Waals surface area (Å²) < 4.78 is 4.79. The average Bonchev–Trinajstić information content (AvgIpc) is 2.74. The first-order valence-electron chi connectivity index (χ1n) is 5.12. The summed E-state index contributed by atoms with van der Waals surface area (Å²) in [5.41, 5.74) is 0.213. The second kappa shape index (κ2) is 4.36. The van der Waals surface area contributed by atoms with Crippen molar-refractivity contribution >= 4 is 17.3 Å². The molecule has 0 radical (unpaired) electrons. The monoisotopic (exact) mass is 237 g/mol. The van der Waals surface area contributed by atoms with Gasteiger partial charge in [0.1, 0.15) is 0 Å². The Morgan fingerprint density at radius 2 is 2.35 bits per heavy atom. The molecule has 0 aliphatic carbocycles. The number of ether oxygens (including phenoxy) is 1. The minimum atomic E-state index is -0.574. The van der Waals surface area contributed by atoms with Crippen LogP contribution in [0.15, 0.2) is 12.3 Å². The number of nitrogens with zero attached hydrogens (tertiary/aromatic N) is 3. The molecule has 0 spiro atoms. The van der Waals surface area contributed by atoms with Crippen LogP contribution in [-0.2, 0) is 4.79 Å². The molecule has 1 amide bonds. The van der Waals surface area contributed by atoms with Gasteiger partial charge in [0.05, 0.1) is 23.9 Å². The highest BCUT2D eigenvalue weighted by Gasteiger charge is 2.25. The van der Waals surface area contributed by atoms with Crippen molar-refractivity contribution in [3.05, 3.63) is 22.4 Å². The molecule has 1 aliphatic heterocycles. The number of hydrogen-bond donors (Lipinski definition) is 0. The lowest BCUT2D eigenvalue weighted by atomic mass is 10.3. The van der Waals surface area contributed by atoms with Crippen molar-refractivity contribution in [3.8, 4) is 5.88 Å². The van der Waals surface area contributed by atoms with Crippen molar-refractivity contribution in [2.75, 3.05) is 18.6 Å². The number of nitro groups is 1. The van der Waals surface area contributed by atoms with Gasteiger partial charge in [0.2, 0.25) is 5.91 Å². The third-order valence-electron chi connectivity index (χ3n) is 2.59. The van der Waals surface area contributed by atoms with Crippen LogP contribution in [0.2, 0.25) is 0 Å². The molecule has 7 nitrogen and oxygen atoms in total. The van der Waals surface area contributed by atoms with Gasteiger partial charge < -0.3 is 9.64 Å². The Balaban J connectivity index is 2.40. The number of carbonyl (C=O) groups excluding carboxylic acids is 1. The fourth-order valence-electron chi connectivity index (χ4n) is 1.79. The first-order valence-corrected chi connectivity index (χ1v) is 5.12.